The average molecular weight is 222 g/mol. The van der Waals surface area contributed by atoms with Crippen LogP contribution in [-0.4, -0.2) is 13.1 Å². The molecule has 1 nitrogen and oxygen atoms in total. The Labute approximate surface area is 90.5 Å². The van der Waals surface area contributed by atoms with E-state index in [1.165, 1.54) is 31.2 Å². The van der Waals surface area contributed by atoms with Crippen molar-refractivity contribution in [3.63, 3.8) is 0 Å². The first kappa shape index (κ1) is 11.4. The Kier molecular flexibility index (Phi) is 4.57. The van der Waals surface area contributed by atoms with Gasteiger partial charge in [0.25, 0.3) is 0 Å². The molecule has 0 atom stereocenters. The summed E-state index contributed by atoms with van der Waals surface area (Å²) in [5.41, 5.74) is 1.91. The zero-order chi connectivity index (χ0) is 9.73. The van der Waals surface area contributed by atoms with E-state index < -0.39 is 0 Å². The van der Waals surface area contributed by atoms with Gasteiger partial charge in [0, 0.05) is 23.7 Å². The summed E-state index contributed by atoms with van der Waals surface area (Å²) in [5.74, 6) is 0. The Morgan fingerprint density at radius 2 is 2.08 bits per heavy atom. The normalized spacial score (nSPS) is 22.2. The first-order chi connectivity index (χ1) is 6.16. The number of halogens is 2. The van der Waals surface area contributed by atoms with Crippen LogP contribution in [0.4, 0.5) is 0 Å². The van der Waals surface area contributed by atoms with Gasteiger partial charge in [0.1, 0.15) is 0 Å². The highest BCUT2D eigenvalue weighted by Crippen LogP contribution is 2.36. The molecule has 0 saturated heterocycles. The van der Waals surface area contributed by atoms with Crippen LogP contribution in [0.25, 0.3) is 0 Å². The minimum Gasteiger partial charge on any atom is -0.311 e. The SMILES string of the molecule is CC1(CNCC(Cl)=CCl)CCCC1. The van der Waals surface area contributed by atoms with Crippen molar-refractivity contribution in [2.45, 2.75) is 32.6 Å². The topological polar surface area (TPSA) is 12.0 Å². The van der Waals surface area contributed by atoms with Crippen molar-refractivity contribution < 1.29 is 0 Å². The summed E-state index contributed by atoms with van der Waals surface area (Å²) in [6, 6.07) is 0. The standard InChI is InChI=1S/C10H17Cl2N/c1-10(4-2-3-5-10)8-13-7-9(12)6-11/h6,13H,2-5,7-8H2,1H3. The number of rotatable bonds is 4. The lowest BCUT2D eigenvalue weighted by Gasteiger charge is -2.23. The van der Waals surface area contributed by atoms with Crippen molar-refractivity contribution in [1.29, 1.82) is 0 Å². The third kappa shape index (κ3) is 3.88. The molecule has 3 heteroatoms. The highest BCUT2D eigenvalue weighted by molar-refractivity contribution is 6.36. The molecule has 1 rings (SSSR count). The van der Waals surface area contributed by atoms with Gasteiger partial charge in [-0.2, -0.15) is 0 Å². The van der Waals surface area contributed by atoms with Crippen LogP contribution in [0.15, 0.2) is 10.6 Å². The highest BCUT2D eigenvalue weighted by atomic mass is 35.5. The van der Waals surface area contributed by atoms with Crippen molar-refractivity contribution >= 4 is 23.2 Å². The fraction of sp³-hybridized carbons (Fsp3) is 0.800. The molecule has 0 aromatic carbocycles. The van der Waals surface area contributed by atoms with Gasteiger partial charge in [0.2, 0.25) is 0 Å². The Hall–Kier alpha value is 0.280. The van der Waals surface area contributed by atoms with Crippen LogP contribution in [0.3, 0.4) is 0 Å². The van der Waals surface area contributed by atoms with Gasteiger partial charge < -0.3 is 5.32 Å². The lowest BCUT2D eigenvalue weighted by atomic mass is 9.89. The third-order valence-electron chi connectivity index (χ3n) is 2.77. The first-order valence-corrected chi connectivity index (χ1v) is 5.63. The first-order valence-electron chi connectivity index (χ1n) is 4.82. The molecule has 1 saturated carbocycles. The van der Waals surface area contributed by atoms with Gasteiger partial charge in [-0.1, -0.05) is 43.0 Å². The Morgan fingerprint density at radius 3 is 2.62 bits per heavy atom. The maximum absolute atomic E-state index is 5.76. The summed E-state index contributed by atoms with van der Waals surface area (Å²) >= 11 is 11.2. The van der Waals surface area contributed by atoms with Gasteiger partial charge in [-0.25, -0.2) is 0 Å². The van der Waals surface area contributed by atoms with Crippen LogP contribution in [-0.2, 0) is 0 Å². The molecule has 13 heavy (non-hydrogen) atoms. The maximum Gasteiger partial charge on any atom is 0.0431 e. The lowest BCUT2D eigenvalue weighted by Crippen LogP contribution is -2.30. The van der Waals surface area contributed by atoms with Crippen molar-refractivity contribution in [3.8, 4) is 0 Å². The van der Waals surface area contributed by atoms with Gasteiger partial charge in [-0.3, -0.25) is 0 Å². The summed E-state index contributed by atoms with van der Waals surface area (Å²) < 4.78 is 0. The van der Waals surface area contributed by atoms with Gasteiger partial charge in [-0.15, -0.1) is 0 Å². The van der Waals surface area contributed by atoms with E-state index in [9.17, 15) is 0 Å². The summed E-state index contributed by atoms with van der Waals surface area (Å²) in [5, 5.41) is 4.02. The van der Waals surface area contributed by atoms with Gasteiger partial charge in [0.05, 0.1) is 0 Å². The monoisotopic (exact) mass is 221 g/mol. The van der Waals surface area contributed by atoms with Crippen molar-refractivity contribution in [2.24, 2.45) is 5.41 Å². The summed E-state index contributed by atoms with van der Waals surface area (Å²) in [6.45, 7) is 4.08. The smallest absolute Gasteiger partial charge is 0.0431 e. The molecule has 0 aliphatic heterocycles. The molecule has 1 N–H and O–H groups in total. The molecule has 0 aromatic heterocycles. The van der Waals surface area contributed by atoms with E-state index in [1.807, 2.05) is 0 Å². The molecule has 1 fully saturated rings. The van der Waals surface area contributed by atoms with Crippen LogP contribution >= 0.6 is 23.2 Å². The molecule has 0 heterocycles. The largest absolute Gasteiger partial charge is 0.311 e. The van der Waals surface area contributed by atoms with Crippen LogP contribution in [0.2, 0.25) is 0 Å². The van der Waals surface area contributed by atoms with E-state index in [2.05, 4.69) is 12.2 Å². The quantitative estimate of drug-likeness (QED) is 0.767. The second-order valence-corrected chi connectivity index (χ2v) is 4.88. The predicted molar refractivity (Wildman–Crippen MR) is 59.2 cm³/mol. The molecule has 0 spiro atoms. The van der Waals surface area contributed by atoms with E-state index >= 15 is 0 Å². The molecule has 76 valence electrons. The number of nitrogens with one attached hydrogen (secondary N) is 1. The molecule has 1 aliphatic rings. The molecule has 0 unspecified atom stereocenters. The minimum absolute atomic E-state index is 0.490. The molecular weight excluding hydrogens is 205 g/mol. The van der Waals surface area contributed by atoms with Crippen LogP contribution in [0.5, 0.6) is 0 Å². The molecule has 1 aliphatic carbocycles. The van der Waals surface area contributed by atoms with Crippen LogP contribution in [0.1, 0.15) is 32.6 Å². The van der Waals surface area contributed by atoms with Crippen LogP contribution in [0, 0.1) is 5.41 Å². The number of hydrogen-bond donors (Lipinski definition) is 1. The highest BCUT2D eigenvalue weighted by Gasteiger charge is 2.27. The van der Waals surface area contributed by atoms with Crippen molar-refractivity contribution in [1.82, 2.24) is 5.32 Å². The molecule has 0 aromatic rings. The Bertz CT molecular complexity index is 183. The summed E-state index contributed by atoms with van der Waals surface area (Å²) in [6.07, 6.45) is 5.42. The zero-order valence-corrected chi connectivity index (χ0v) is 9.59. The van der Waals surface area contributed by atoms with E-state index in [0.717, 1.165) is 6.54 Å². The van der Waals surface area contributed by atoms with E-state index in [1.54, 1.807) is 0 Å². The average Bonchev–Trinajstić information content (AvgIpc) is 2.52. The molecular formula is C10H17Cl2N. The predicted octanol–water partition coefficient (Wildman–Crippen LogP) is 3.48. The van der Waals surface area contributed by atoms with Crippen molar-refractivity contribution in [2.75, 3.05) is 13.1 Å². The van der Waals surface area contributed by atoms with E-state index in [-0.39, 0.29) is 0 Å². The van der Waals surface area contributed by atoms with Gasteiger partial charge in [0.15, 0.2) is 0 Å². The second kappa shape index (κ2) is 5.23. The third-order valence-corrected chi connectivity index (χ3v) is 3.39. The zero-order valence-electron chi connectivity index (χ0n) is 8.08. The van der Waals surface area contributed by atoms with Crippen LogP contribution < -0.4 is 5.32 Å². The second-order valence-electron chi connectivity index (χ2n) is 4.18. The summed E-state index contributed by atoms with van der Waals surface area (Å²) in [7, 11) is 0. The van der Waals surface area contributed by atoms with Gasteiger partial charge >= 0.3 is 0 Å². The summed E-state index contributed by atoms with van der Waals surface area (Å²) in [4.78, 5) is 0. The molecule has 0 amide bonds. The van der Waals surface area contributed by atoms with E-state index in [0.29, 0.717) is 17.0 Å². The van der Waals surface area contributed by atoms with Crippen molar-refractivity contribution in [3.05, 3.63) is 10.6 Å². The molecule has 0 radical (unpaired) electrons. The minimum atomic E-state index is 0.490. The maximum atomic E-state index is 5.76. The lowest BCUT2D eigenvalue weighted by molar-refractivity contribution is 0.320. The molecule has 0 bridgehead atoms. The van der Waals surface area contributed by atoms with E-state index in [4.69, 9.17) is 23.2 Å². The Morgan fingerprint density at radius 1 is 1.46 bits per heavy atom. The fourth-order valence-electron chi connectivity index (χ4n) is 1.93. The van der Waals surface area contributed by atoms with Gasteiger partial charge in [-0.05, 0) is 18.3 Å². The fourth-order valence-corrected chi connectivity index (χ4v) is 2.10. The number of hydrogen-bond acceptors (Lipinski definition) is 1. The Balaban J connectivity index is 2.18.